The van der Waals surface area contributed by atoms with Crippen molar-refractivity contribution in [2.24, 2.45) is 0 Å². The molecule has 0 radical (unpaired) electrons. The first-order valence-corrected chi connectivity index (χ1v) is 7.63. The molecule has 1 aromatic heterocycles. The molecule has 1 heterocycles. The molecule has 0 saturated heterocycles. The first-order chi connectivity index (χ1) is 12.1. The maximum absolute atomic E-state index is 12.5. The lowest BCUT2D eigenvalue weighted by Crippen LogP contribution is -2.14. The van der Waals surface area contributed by atoms with E-state index in [0.717, 1.165) is 12.0 Å². The minimum absolute atomic E-state index is 0.196. The lowest BCUT2D eigenvalue weighted by atomic mass is 10.1. The first-order valence-electron chi connectivity index (χ1n) is 7.63. The summed E-state index contributed by atoms with van der Waals surface area (Å²) in [6.45, 7) is 1.99. The summed E-state index contributed by atoms with van der Waals surface area (Å²) >= 11 is 0. The Kier molecular flexibility index (Phi) is 4.51. The van der Waals surface area contributed by atoms with Gasteiger partial charge in [0, 0.05) is 17.3 Å². The number of nitro benzene ring substituents is 1. The first kappa shape index (κ1) is 16.3. The molecule has 0 atom stereocenters. The maximum Gasteiger partial charge on any atom is 0.295 e. The van der Waals surface area contributed by atoms with Crippen molar-refractivity contribution in [2.75, 3.05) is 5.32 Å². The third-order valence-electron chi connectivity index (χ3n) is 3.75. The number of aryl methyl sites for hydroxylation is 1. The average molecular weight is 337 g/mol. The van der Waals surface area contributed by atoms with Crippen LogP contribution in [0.1, 0.15) is 22.8 Å². The van der Waals surface area contributed by atoms with Gasteiger partial charge in [-0.05, 0) is 30.2 Å². The van der Waals surface area contributed by atoms with Crippen LogP contribution in [-0.2, 0) is 6.42 Å². The summed E-state index contributed by atoms with van der Waals surface area (Å²) in [6.07, 6.45) is 3.41. The van der Waals surface area contributed by atoms with Crippen LogP contribution < -0.4 is 5.32 Å². The van der Waals surface area contributed by atoms with Crippen molar-refractivity contribution in [2.45, 2.75) is 13.3 Å². The summed E-state index contributed by atoms with van der Waals surface area (Å²) in [7, 11) is 0. The Morgan fingerprint density at radius 1 is 1.28 bits per heavy atom. The Morgan fingerprint density at radius 2 is 2.08 bits per heavy atom. The molecule has 8 heteroatoms. The molecular formula is C17H15N5O3. The highest BCUT2D eigenvalue weighted by Gasteiger charge is 2.19. The number of nitro groups is 1. The van der Waals surface area contributed by atoms with E-state index in [0.29, 0.717) is 5.69 Å². The smallest absolute Gasteiger partial charge is 0.295 e. The fourth-order valence-corrected chi connectivity index (χ4v) is 2.48. The molecule has 126 valence electrons. The largest absolute Gasteiger partial charge is 0.322 e. The second-order valence-corrected chi connectivity index (χ2v) is 5.27. The Morgan fingerprint density at radius 3 is 2.76 bits per heavy atom. The van der Waals surface area contributed by atoms with E-state index in [9.17, 15) is 14.9 Å². The van der Waals surface area contributed by atoms with Crippen LogP contribution >= 0.6 is 0 Å². The monoisotopic (exact) mass is 337 g/mol. The van der Waals surface area contributed by atoms with Crippen molar-refractivity contribution in [1.82, 2.24) is 14.8 Å². The minimum atomic E-state index is -0.548. The number of benzene rings is 2. The summed E-state index contributed by atoms with van der Waals surface area (Å²) < 4.78 is 1.28. The summed E-state index contributed by atoms with van der Waals surface area (Å²) in [5.74, 6) is -0.408. The molecule has 2 aromatic carbocycles. The molecule has 3 aromatic rings. The van der Waals surface area contributed by atoms with Gasteiger partial charge in [-0.2, -0.15) is 5.10 Å². The summed E-state index contributed by atoms with van der Waals surface area (Å²) in [5.41, 5.74) is 1.90. The van der Waals surface area contributed by atoms with Gasteiger partial charge in [-0.3, -0.25) is 14.9 Å². The van der Waals surface area contributed by atoms with Gasteiger partial charge in [0.2, 0.25) is 0 Å². The molecule has 0 aliphatic heterocycles. The van der Waals surface area contributed by atoms with E-state index in [1.165, 1.54) is 35.5 Å². The molecule has 0 unspecified atom stereocenters. The fraction of sp³-hybridized carbons (Fsp3) is 0.118. The van der Waals surface area contributed by atoms with Gasteiger partial charge in [-0.1, -0.05) is 25.1 Å². The van der Waals surface area contributed by atoms with Crippen molar-refractivity contribution in [3.8, 4) is 5.69 Å². The van der Waals surface area contributed by atoms with E-state index in [-0.39, 0.29) is 16.9 Å². The molecule has 8 nitrogen and oxygen atoms in total. The van der Waals surface area contributed by atoms with Crippen molar-refractivity contribution in [3.63, 3.8) is 0 Å². The second-order valence-electron chi connectivity index (χ2n) is 5.27. The van der Waals surface area contributed by atoms with Crippen LogP contribution in [0.25, 0.3) is 5.69 Å². The predicted molar refractivity (Wildman–Crippen MR) is 91.8 cm³/mol. The van der Waals surface area contributed by atoms with Crippen LogP contribution in [0, 0.1) is 10.1 Å². The van der Waals surface area contributed by atoms with Crippen molar-refractivity contribution in [1.29, 1.82) is 0 Å². The highest BCUT2D eigenvalue weighted by molar-refractivity contribution is 6.05. The Labute approximate surface area is 143 Å². The number of nitrogens with one attached hydrogen (secondary N) is 1. The summed E-state index contributed by atoms with van der Waals surface area (Å²) in [6, 6.07) is 11.7. The molecule has 0 saturated carbocycles. The average Bonchev–Trinajstić information content (AvgIpc) is 3.16. The number of hydrogen-bond donors (Lipinski definition) is 1. The predicted octanol–water partition coefficient (Wildman–Crippen LogP) is 2.99. The zero-order chi connectivity index (χ0) is 17.8. The van der Waals surface area contributed by atoms with Crippen LogP contribution in [0.3, 0.4) is 0 Å². The highest BCUT2D eigenvalue weighted by Crippen LogP contribution is 2.24. The van der Waals surface area contributed by atoms with Gasteiger partial charge in [0.05, 0.1) is 4.92 Å². The quantitative estimate of drug-likeness (QED) is 0.569. The molecular weight excluding hydrogens is 322 g/mol. The van der Waals surface area contributed by atoms with Crippen molar-refractivity contribution < 1.29 is 9.72 Å². The number of carbonyl (C=O) groups is 1. The van der Waals surface area contributed by atoms with Gasteiger partial charge >= 0.3 is 0 Å². The second kappa shape index (κ2) is 6.91. The summed E-state index contributed by atoms with van der Waals surface area (Å²) in [4.78, 5) is 27.1. The molecule has 0 fully saturated rings. The third-order valence-corrected chi connectivity index (χ3v) is 3.75. The van der Waals surface area contributed by atoms with Gasteiger partial charge in [-0.15, -0.1) is 0 Å². The van der Waals surface area contributed by atoms with Gasteiger partial charge in [0.25, 0.3) is 11.6 Å². The minimum Gasteiger partial charge on any atom is -0.322 e. The van der Waals surface area contributed by atoms with Crippen LogP contribution in [-0.4, -0.2) is 25.6 Å². The molecule has 0 spiro atoms. The van der Waals surface area contributed by atoms with E-state index in [1.54, 1.807) is 6.07 Å². The van der Waals surface area contributed by atoms with Crippen molar-refractivity contribution >= 4 is 17.3 Å². The van der Waals surface area contributed by atoms with Gasteiger partial charge in [-0.25, -0.2) is 9.67 Å². The van der Waals surface area contributed by atoms with Crippen LogP contribution in [0.4, 0.5) is 11.4 Å². The number of hydrogen-bond acceptors (Lipinski definition) is 5. The fourth-order valence-electron chi connectivity index (χ4n) is 2.48. The number of anilines is 1. The molecule has 1 N–H and O–H groups in total. The lowest BCUT2D eigenvalue weighted by Gasteiger charge is -2.10. The zero-order valence-electron chi connectivity index (χ0n) is 13.4. The molecule has 3 rings (SSSR count). The van der Waals surface area contributed by atoms with E-state index in [2.05, 4.69) is 15.4 Å². The number of para-hydroxylation sites is 1. The van der Waals surface area contributed by atoms with Crippen molar-refractivity contribution in [3.05, 3.63) is 76.4 Å². The Hall–Kier alpha value is -3.55. The SMILES string of the molecule is CCc1ccccc1NC(=O)c1ccc(-n2cncn2)c([N+](=O)[O-])c1. The van der Waals surface area contributed by atoms with E-state index < -0.39 is 10.8 Å². The molecule has 0 aliphatic rings. The van der Waals surface area contributed by atoms with Crippen LogP contribution in [0.15, 0.2) is 55.1 Å². The van der Waals surface area contributed by atoms with E-state index >= 15 is 0 Å². The number of carbonyl (C=O) groups excluding carboxylic acids is 1. The molecule has 0 aliphatic carbocycles. The topological polar surface area (TPSA) is 103 Å². The number of aromatic nitrogens is 3. The van der Waals surface area contributed by atoms with Gasteiger partial charge in [0.15, 0.2) is 0 Å². The zero-order valence-corrected chi connectivity index (χ0v) is 13.4. The Balaban J connectivity index is 1.93. The van der Waals surface area contributed by atoms with E-state index in [1.807, 2.05) is 25.1 Å². The molecule has 0 bridgehead atoms. The normalized spacial score (nSPS) is 10.4. The van der Waals surface area contributed by atoms with Gasteiger partial charge < -0.3 is 5.32 Å². The standard InChI is InChI=1S/C17H15N5O3/c1-2-12-5-3-4-6-14(12)20-17(23)13-7-8-15(16(9-13)22(24)25)21-11-18-10-19-21/h3-11H,2H2,1H3,(H,20,23). The maximum atomic E-state index is 12.5. The Bertz CT molecular complexity index is 922. The molecule has 1 amide bonds. The number of amides is 1. The van der Waals surface area contributed by atoms with Crippen LogP contribution in [0.2, 0.25) is 0 Å². The highest BCUT2D eigenvalue weighted by atomic mass is 16.6. The lowest BCUT2D eigenvalue weighted by molar-refractivity contribution is -0.384. The third kappa shape index (κ3) is 3.37. The van der Waals surface area contributed by atoms with E-state index in [4.69, 9.17) is 0 Å². The van der Waals surface area contributed by atoms with Gasteiger partial charge in [0.1, 0.15) is 18.3 Å². The molecule has 25 heavy (non-hydrogen) atoms. The summed E-state index contributed by atoms with van der Waals surface area (Å²) in [5, 5.41) is 18.1. The number of nitrogens with zero attached hydrogens (tertiary/aromatic N) is 4. The number of rotatable bonds is 5. The van der Waals surface area contributed by atoms with Crippen LogP contribution in [0.5, 0.6) is 0 Å².